The molecule has 2 aromatic rings. The molecule has 0 amide bonds. The van der Waals surface area contributed by atoms with Crippen LogP contribution in [-0.2, 0) is 0 Å². The van der Waals surface area contributed by atoms with Crippen LogP contribution in [0.1, 0.15) is 0 Å². The van der Waals surface area contributed by atoms with Crippen molar-refractivity contribution in [3.05, 3.63) is 20.2 Å². The molecule has 0 aliphatic heterocycles. The van der Waals surface area contributed by atoms with Gasteiger partial charge in [0.15, 0.2) is 5.15 Å². The Balaban J connectivity index is 2.92. The second-order valence-corrected chi connectivity index (χ2v) is 4.00. The second-order valence-electron chi connectivity index (χ2n) is 2.14. The number of aromatic amines is 1. The highest BCUT2D eigenvalue weighted by molar-refractivity contribution is 14.1. The van der Waals surface area contributed by atoms with Crippen LogP contribution in [0.3, 0.4) is 0 Å². The lowest BCUT2D eigenvalue weighted by molar-refractivity contribution is 1.22. The quantitative estimate of drug-likeness (QED) is 0.461. The Hall–Kier alpha value is -0.0700. The molecule has 12 heavy (non-hydrogen) atoms. The number of halogens is 3. The molecule has 0 radical (unpaired) electrons. The van der Waals surface area contributed by atoms with Crippen molar-refractivity contribution in [1.29, 1.82) is 0 Å². The highest BCUT2D eigenvalue weighted by Gasteiger charge is 2.08. The molecule has 0 atom stereocenters. The van der Waals surface area contributed by atoms with E-state index >= 15 is 0 Å². The SMILES string of the molecule is Clc1nc(Cl)c2[nH]cc(I)c2n1. The topological polar surface area (TPSA) is 41.6 Å². The molecule has 2 aromatic heterocycles. The second kappa shape index (κ2) is 3.01. The van der Waals surface area contributed by atoms with E-state index in [0.717, 1.165) is 14.6 Å². The van der Waals surface area contributed by atoms with Gasteiger partial charge in [-0.25, -0.2) is 9.97 Å². The zero-order valence-electron chi connectivity index (χ0n) is 5.61. The van der Waals surface area contributed by atoms with Gasteiger partial charge >= 0.3 is 0 Å². The molecular weight excluding hydrogens is 312 g/mol. The first-order chi connectivity index (χ1) is 5.68. The van der Waals surface area contributed by atoms with Gasteiger partial charge in [-0.3, -0.25) is 0 Å². The van der Waals surface area contributed by atoms with E-state index < -0.39 is 0 Å². The lowest BCUT2D eigenvalue weighted by Gasteiger charge is -1.93. The summed E-state index contributed by atoms with van der Waals surface area (Å²) in [5.41, 5.74) is 1.49. The fourth-order valence-electron chi connectivity index (χ4n) is 0.912. The van der Waals surface area contributed by atoms with Crippen LogP contribution in [0.4, 0.5) is 0 Å². The van der Waals surface area contributed by atoms with Crippen molar-refractivity contribution in [1.82, 2.24) is 15.0 Å². The molecule has 0 fully saturated rings. The lowest BCUT2D eigenvalue weighted by atomic mass is 10.5. The fourth-order valence-corrected chi connectivity index (χ4v) is 1.89. The van der Waals surface area contributed by atoms with Crippen molar-refractivity contribution in [3.63, 3.8) is 0 Å². The number of nitrogens with one attached hydrogen (secondary N) is 1. The standard InChI is InChI=1S/C6H2Cl2IN3/c7-5-4-3(2(9)1-10-4)11-6(8)12-5/h1,10H. The van der Waals surface area contributed by atoms with E-state index in [4.69, 9.17) is 23.2 Å². The summed E-state index contributed by atoms with van der Waals surface area (Å²) >= 11 is 13.6. The van der Waals surface area contributed by atoms with Gasteiger partial charge in [0.05, 0.1) is 3.57 Å². The molecule has 0 spiro atoms. The first-order valence-electron chi connectivity index (χ1n) is 3.04. The largest absolute Gasteiger partial charge is 0.356 e. The molecular formula is C6H2Cl2IN3. The molecule has 2 rings (SSSR count). The van der Waals surface area contributed by atoms with E-state index in [2.05, 4.69) is 37.5 Å². The van der Waals surface area contributed by atoms with Crippen molar-refractivity contribution in [2.45, 2.75) is 0 Å². The number of fused-ring (bicyclic) bond motifs is 1. The molecule has 1 N–H and O–H groups in total. The van der Waals surface area contributed by atoms with E-state index in [1.54, 1.807) is 0 Å². The van der Waals surface area contributed by atoms with Crippen LogP contribution in [-0.4, -0.2) is 15.0 Å². The third-order valence-corrected chi connectivity index (χ3v) is 2.67. The molecule has 0 saturated heterocycles. The average molecular weight is 314 g/mol. The maximum atomic E-state index is 5.81. The van der Waals surface area contributed by atoms with Gasteiger partial charge in [0.2, 0.25) is 5.28 Å². The number of hydrogen-bond donors (Lipinski definition) is 1. The summed E-state index contributed by atoms with van der Waals surface area (Å²) in [5.74, 6) is 0. The van der Waals surface area contributed by atoms with Crippen LogP contribution in [0.2, 0.25) is 10.4 Å². The molecule has 0 unspecified atom stereocenters. The van der Waals surface area contributed by atoms with Crippen molar-refractivity contribution >= 4 is 56.8 Å². The Bertz CT molecular complexity index is 440. The molecule has 3 nitrogen and oxygen atoms in total. The minimum absolute atomic E-state index is 0.171. The van der Waals surface area contributed by atoms with Crippen LogP contribution in [0.5, 0.6) is 0 Å². The van der Waals surface area contributed by atoms with E-state index in [9.17, 15) is 0 Å². The van der Waals surface area contributed by atoms with Gasteiger partial charge in [-0.2, -0.15) is 0 Å². The number of nitrogens with zero attached hydrogens (tertiary/aromatic N) is 2. The minimum Gasteiger partial charge on any atom is -0.356 e. The molecule has 0 bridgehead atoms. The van der Waals surface area contributed by atoms with Crippen LogP contribution in [0.25, 0.3) is 11.0 Å². The molecule has 62 valence electrons. The Morgan fingerprint density at radius 2 is 2.08 bits per heavy atom. The zero-order chi connectivity index (χ0) is 8.72. The van der Waals surface area contributed by atoms with E-state index in [0.29, 0.717) is 5.15 Å². The Morgan fingerprint density at radius 3 is 2.83 bits per heavy atom. The number of aromatic nitrogens is 3. The summed E-state index contributed by atoms with van der Waals surface area (Å²) in [5, 5.41) is 0.526. The fraction of sp³-hybridized carbons (Fsp3) is 0. The van der Waals surface area contributed by atoms with E-state index in [1.165, 1.54) is 0 Å². The Morgan fingerprint density at radius 1 is 1.33 bits per heavy atom. The van der Waals surface area contributed by atoms with Gasteiger partial charge in [0.1, 0.15) is 11.0 Å². The molecule has 0 saturated carbocycles. The van der Waals surface area contributed by atoms with Gasteiger partial charge in [0, 0.05) is 6.20 Å². The van der Waals surface area contributed by atoms with Crippen LogP contribution < -0.4 is 0 Å². The smallest absolute Gasteiger partial charge is 0.224 e. The number of H-pyrrole nitrogens is 1. The monoisotopic (exact) mass is 313 g/mol. The van der Waals surface area contributed by atoms with E-state index in [-0.39, 0.29) is 5.28 Å². The van der Waals surface area contributed by atoms with Crippen molar-refractivity contribution in [2.75, 3.05) is 0 Å². The highest BCUT2D eigenvalue weighted by Crippen LogP contribution is 2.24. The third-order valence-electron chi connectivity index (χ3n) is 1.41. The predicted octanol–water partition coefficient (Wildman–Crippen LogP) is 2.87. The van der Waals surface area contributed by atoms with Gasteiger partial charge in [-0.1, -0.05) is 11.6 Å². The number of hydrogen-bond acceptors (Lipinski definition) is 2. The molecule has 6 heteroatoms. The van der Waals surface area contributed by atoms with E-state index in [1.807, 2.05) is 6.20 Å². The average Bonchev–Trinajstić information content (AvgIpc) is 2.33. The molecule has 0 aromatic carbocycles. The molecule has 2 heterocycles. The Labute approximate surface area is 91.6 Å². The number of rotatable bonds is 0. The minimum atomic E-state index is 0.171. The summed E-state index contributed by atoms with van der Waals surface area (Å²) in [7, 11) is 0. The predicted molar refractivity (Wildman–Crippen MR) is 56.6 cm³/mol. The van der Waals surface area contributed by atoms with Gasteiger partial charge in [-0.15, -0.1) is 0 Å². The van der Waals surface area contributed by atoms with Gasteiger partial charge in [0.25, 0.3) is 0 Å². The summed E-state index contributed by atoms with van der Waals surface area (Å²) in [4.78, 5) is 10.8. The van der Waals surface area contributed by atoms with Crippen LogP contribution in [0, 0.1) is 3.57 Å². The van der Waals surface area contributed by atoms with Crippen molar-refractivity contribution in [3.8, 4) is 0 Å². The maximum Gasteiger partial charge on any atom is 0.224 e. The normalized spacial score (nSPS) is 10.9. The van der Waals surface area contributed by atoms with Crippen molar-refractivity contribution in [2.24, 2.45) is 0 Å². The van der Waals surface area contributed by atoms with Gasteiger partial charge < -0.3 is 4.98 Å². The maximum absolute atomic E-state index is 5.81. The zero-order valence-corrected chi connectivity index (χ0v) is 9.28. The third kappa shape index (κ3) is 1.27. The first kappa shape index (κ1) is 8.52. The van der Waals surface area contributed by atoms with Crippen molar-refractivity contribution < 1.29 is 0 Å². The lowest BCUT2D eigenvalue weighted by Crippen LogP contribution is -1.84. The summed E-state index contributed by atoms with van der Waals surface area (Å²) in [6.07, 6.45) is 1.81. The van der Waals surface area contributed by atoms with Crippen LogP contribution >= 0.6 is 45.8 Å². The molecule has 0 aliphatic carbocycles. The molecule has 0 aliphatic rings. The highest BCUT2D eigenvalue weighted by atomic mass is 127. The first-order valence-corrected chi connectivity index (χ1v) is 4.87. The summed E-state index contributed by atoms with van der Waals surface area (Å²) in [6.45, 7) is 0. The van der Waals surface area contributed by atoms with Gasteiger partial charge in [-0.05, 0) is 34.2 Å². The Kier molecular flexibility index (Phi) is 2.14. The summed E-state index contributed by atoms with van der Waals surface area (Å²) in [6, 6.07) is 0. The van der Waals surface area contributed by atoms with Crippen LogP contribution in [0.15, 0.2) is 6.20 Å². The summed E-state index contributed by atoms with van der Waals surface area (Å²) < 4.78 is 0.980.